The number of aryl methyl sites for hydroxylation is 1. The van der Waals surface area contributed by atoms with Gasteiger partial charge in [-0.15, -0.1) is 10.2 Å². The molecule has 1 aliphatic carbocycles. The van der Waals surface area contributed by atoms with Gasteiger partial charge in [-0.1, -0.05) is 30.7 Å². The lowest BCUT2D eigenvalue weighted by Crippen LogP contribution is -2.36. The van der Waals surface area contributed by atoms with Crippen molar-refractivity contribution in [3.05, 3.63) is 65.0 Å². The number of thiocarbonyl (C=S) groups is 1. The topological polar surface area (TPSA) is 54.2 Å². The third-order valence-electron chi connectivity index (χ3n) is 4.73. The van der Waals surface area contributed by atoms with Gasteiger partial charge >= 0.3 is 0 Å². The van der Waals surface area contributed by atoms with Crippen LogP contribution in [0, 0.1) is 0 Å². The fourth-order valence-corrected chi connectivity index (χ4v) is 3.40. The Labute approximate surface area is 174 Å². The van der Waals surface area contributed by atoms with E-state index in [9.17, 15) is 0 Å². The normalized spacial score (nSPS) is 13.4. The first-order valence-corrected chi connectivity index (χ1v) is 10.2. The minimum atomic E-state index is 0.417. The highest BCUT2D eigenvalue weighted by atomic mass is 35.5. The molecule has 2 aromatic carbocycles. The molecule has 3 aromatic rings. The van der Waals surface area contributed by atoms with E-state index < -0.39 is 0 Å². The largest absolute Gasteiger partial charge is 0.419 e. The van der Waals surface area contributed by atoms with Crippen LogP contribution in [0.5, 0.6) is 0 Å². The van der Waals surface area contributed by atoms with Gasteiger partial charge in [-0.2, -0.15) is 0 Å². The molecular formula is C21H21ClN4OS. The van der Waals surface area contributed by atoms with Gasteiger partial charge in [0.2, 0.25) is 11.8 Å². The summed E-state index contributed by atoms with van der Waals surface area (Å²) in [6.45, 7) is 2.63. The van der Waals surface area contributed by atoms with Gasteiger partial charge in [0.1, 0.15) is 0 Å². The molecule has 28 heavy (non-hydrogen) atoms. The SMILES string of the molecule is CCc1ccc(NC(=S)N(Cc2nnc(-c3ccc(Cl)cc3)o2)C2CC2)cc1. The summed E-state index contributed by atoms with van der Waals surface area (Å²) in [7, 11) is 0. The predicted octanol–water partition coefficient (Wildman–Crippen LogP) is 5.31. The molecule has 1 saturated carbocycles. The van der Waals surface area contributed by atoms with E-state index in [1.807, 2.05) is 12.1 Å². The third kappa shape index (κ3) is 4.51. The average Bonchev–Trinajstić information content (AvgIpc) is 3.45. The summed E-state index contributed by atoms with van der Waals surface area (Å²) >= 11 is 11.6. The molecule has 4 rings (SSSR count). The van der Waals surface area contributed by atoms with Gasteiger partial charge in [0.25, 0.3) is 0 Å². The summed E-state index contributed by atoms with van der Waals surface area (Å²) in [6.07, 6.45) is 3.26. The Balaban J connectivity index is 1.45. The van der Waals surface area contributed by atoms with Crippen molar-refractivity contribution in [1.29, 1.82) is 0 Å². The molecule has 0 amide bonds. The number of halogens is 1. The number of hydrogen-bond acceptors (Lipinski definition) is 4. The van der Waals surface area contributed by atoms with Crippen LogP contribution in [0.15, 0.2) is 52.9 Å². The van der Waals surface area contributed by atoms with Crippen LogP contribution in [-0.2, 0) is 13.0 Å². The Morgan fingerprint density at radius 2 is 1.86 bits per heavy atom. The maximum absolute atomic E-state index is 5.94. The lowest BCUT2D eigenvalue weighted by Gasteiger charge is -2.24. The summed E-state index contributed by atoms with van der Waals surface area (Å²) in [5.74, 6) is 1.03. The van der Waals surface area contributed by atoms with Crippen molar-refractivity contribution in [1.82, 2.24) is 15.1 Å². The molecule has 144 valence electrons. The van der Waals surface area contributed by atoms with Gasteiger partial charge in [-0.05, 0) is 73.4 Å². The van der Waals surface area contributed by atoms with E-state index in [1.165, 1.54) is 5.56 Å². The Kier molecular flexibility index (Phi) is 5.59. The van der Waals surface area contributed by atoms with Crippen molar-refractivity contribution in [3.63, 3.8) is 0 Å². The first-order chi connectivity index (χ1) is 13.6. The van der Waals surface area contributed by atoms with E-state index in [0.717, 1.165) is 30.5 Å². The van der Waals surface area contributed by atoms with Crippen molar-refractivity contribution in [2.45, 2.75) is 38.8 Å². The Hall–Kier alpha value is -2.44. The van der Waals surface area contributed by atoms with E-state index >= 15 is 0 Å². The molecule has 7 heteroatoms. The van der Waals surface area contributed by atoms with Crippen LogP contribution in [0.25, 0.3) is 11.5 Å². The Bertz CT molecular complexity index is 951. The van der Waals surface area contributed by atoms with Crippen molar-refractivity contribution >= 4 is 34.6 Å². The first kappa shape index (κ1) is 18.9. The van der Waals surface area contributed by atoms with Crippen LogP contribution in [0.2, 0.25) is 5.02 Å². The summed E-state index contributed by atoms with van der Waals surface area (Å²) in [5.41, 5.74) is 3.13. The second kappa shape index (κ2) is 8.29. The molecule has 0 unspecified atom stereocenters. The average molecular weight is 413 g/mol. The van der Waals surface area contributed by atoms with Gasteiger partial charge in [-0.3, -0.25) is 0 Å². The maximum Gasteiger partial charge on any atom is 0.247 e. The standard InChI is InChI=1S/C21H21ClN4OS/c1-2-14-3-9-17(10-4-14)23-21(28)26(18-11-12-18)13-19-24-25-20(27-19)15-5-7-16(22)8-6-15/h3-10,18H,2,11-13H2,1H3,(H,23,28). The van der Waals surface area contributed by atoms with Gasteiger partial charge in [0, 0.05) is 22.3 Å². The maximum atomic E-state index is 5.94. The molecule has 0 spiro atoms. The van der Waals surface area contributed by atoms with Gasteiger partial charge in [0.05, 0.1) is 6.54 Å². The number of benzene rings is 2. The zero-order chi connectivity index (χ0) is 19.5. The predicted molar refractivity (Wildman–Crippen MR) is 115 cm³/mol. The number of nitrogens with one attached hydrogen (secondary N) is 1. The van der Waals surface area contributed by atoms with Gasteiger partial charge in [-0.25, -0.2) is 0 Å². The summed E-state index contributed by atoms with van der Waals surface area (Å²) < 4.78 is 5.85. The minimum Gasteiger partial charge on any atom is -0.419 e. The molecule has 0 bridgehead atoms. The lowest BCUT2D eigenvalue weighted by molar-refractivity contribution is 0.351. The van der Waals surface area contributed by atoms with Crippen LogP contribution in [0.4, 0.5) is 5.69 Å². The van der Waals surface area contributed by atoms with Crippen molar-refractivity contribution < 1.29 is 4.42 Å². The highest BCUT2D eigenvalue weighted by molar-refractivity contribution is 7.80. The smallest absolute Gasteiger partial charge is 0.247 e. The van der Waals surface area contributed by atoms with Crippen LogP contribution in [-0.4, -0.2) is 26.3 Å². The highest BCUT2D eigenvalue weighted by Gasteiger charge is 2.32. The lowest BCUT2D eigenvalue weighted by atomic mass is 10.1. The quantitative estimate of drug-likeness (QED) is 0.553. The highest BCUT2D eigenvalue weighted by Crippen LogP contribution is 2.30. The number of hydrogen-bond donors (Lipinski definition) is 1. The fraction of sp³-hybridized carbons (Fsp3) is 0.286. The van der Waals surface area contributed by atoms with Crippen LogP contribution < -0.4 is 5.32 Å². The van der Waals surface area contributed by atoms with E-state index in [1.54, 1.807) is 12.1 Å². The van der Waals surface area contributed by atoms with Gasteiger partial charge in [0.15, 0.2) is 5.11 Å². The second-order valence-corrected chi connectivity index (χ2v) is 7.67. The molecule has 1 N–H and O–H groups in total. The number of anilines is 1. The van der Waals surface area contributed by atoms with E-state index in [-0.39, 0.29) is 0 Å². The zero-order valence-electron chi connectivity index (χ0n) is 15.6. The Morgan fingerprint density at radius 3 is 2.50 bits per heavy atom. The van der Waals surface area contributed by atoms with Crippen LogP contribution >= 0.6 is 23.8 Å². The molecular weight excluding hydrogens is 392 g/mol. The molecule has 0 atom stereocenters. The van der Waals surface area contributed by atoms with Crippen molar-refractivity contribution in [2.75, 3.05) is 5.32 Å². The second-order valence-electron chi connectivity index (χ2n) is 6.85. The number of aromatic nitrogens is 2. The summed E-state index contributed by atoms with van der Waals surface area (Å²) in [5, 5.41) is 13.0. The molecule has 1 heterocycles. The van der Waals surface area contributed by atoms with E-state index in [4.69, 9.17) is 28.2 Å². The minimum absolute atomic E-state index is 0.417. The molecule has 0 saturated heterocycles. The number of nitrogens with zero attached hydrogens (tertiary/aromatic N) is 3. The van der Waals surface area contributed by atoms with E-state index in [0.29, 0.717) is 34.5 Å². The van der Waals surface area contributed by atoms with Crippen molar-refractivity contribution in [3.8, 4) is 11.5 Å². The summed E-state index contributed by atoms with van der Waals surface area (Å²) in [6, 6.07) is 16.1. The van der Waals surface area contributed by atoms with E-state index in [2.05, 4.69) is 51.6 Å². The molecule has 0 aliphatic heterocycles. The molecule has 1 aromatic heterocycles. The third-order valence-corrected chi connectivity index (χ3v) is 5.31. The van der Waals surface area contributed by atoms with Gasteiger partial charge < -0.3 is 14.6 Å². The first-order valence-electron chi connectivity index (χ1n) is 9.37. The summed E-state index contributed by atoms with van der Waals surface area (Å²) in [4.78, 5) is 2.13. The fourth-order valence-electron chi connectivity index (χ4n) is 2.94. The molecule has 0 radical (unpaired) electrons. The number of rotatable bonds is 6. The van der Waals surface area contributed by atoms with Crippen molar-refractivity contribution in [2.24, 2.45) is 0 Å². The zero-order valence-corrected chi connectivity index (χ0v) is 17.1. The monoisotopic (exact) mass is 412 g/mol. The Morgan fingerprint density at radius 1 is 1.14 bits per heavy atom. The molecule has 1 fully saturated rings. The molecule has 5 nitrogen and oxygen atoms in total. The van der Waals surface area contributed by atoms with Crippen LogP contribution in [0.3, 0.4) is 0 Å². The van der Waals surface area contributed by atoms with Crippen LogP contribution in [0.1, 0.15) is 31.2 Å². The molecule has 1 aliphatic rings.